The molecule has 3 aromatic rings. The minimum atomic E-state index is -0.0251. The SMILES string of the molecule is CN(Cc1n[nH]c2c1CCCC2)C(=O)Cn1nc2ccccc2n1. The number of aromatic nitrogens is 5. The number of aryl methyl sites for hydroxylation is 1. The van der Waals surface area contributed by atoms with Crippen LogP contribution in [0.3, 0.4) is 0 Å². The molecular weight excluding hydrogens is 304 g/mol. The van der Waals surface area contributed by atoms with E-state index in [4.69, 9.17) is 0 Å². The molecule has 1 amide bonds. The normalized spacial score (nSPS) is 13.9. The fourth-order valence-corrected chi connectivity index (χ4v) is 3.21. The molecule has 0 bridgehead atoms. The molecule has 24 heavy (non-hydrogen) atoms. The third kappa shape index (κ3) is 2.77. The summed E-state index contributed by atoms with van der Waals surface area (Å²) in [5.74, 6) is -0.0251. The molecule has 7 nitrogen and oxygen atoms in total. The lowest BCUT2D eigenvalue weighted by Crippen LogP contribution is -2.31. The van der Waals surface area contributed by atoms with Crippen molar-refractivity contribution in [2.24, 2.45) is 0 Å². The number of carbonyl (C=O) groups excluding carboxylic acids is 1. The van der Waals surface area contributed by atoms with Crippen molar-refractivity contribution in [2.45, 2.75) is 38.8 Å². The van der Waals surface area contributed by atoms with Gasteiger partial charge in [-0.3, -0.25) is 9.89 Å². The molecule has 1 N–H and O–H groups in total. The first-order chi connectivity index (χ1) is 11.7. The van der Waals surface area contributed by atoms with Crippen LogP contribution >= 0.6 is 0 Å². The average Bonchev–Trinajstić information content (AvgIpc) is 3.18. The van der Waals surface area contributed by atoms with Crippen molar-refractivity contribution in [1.29, 1.82) is 0 Å². The summed E-state index contributed by atoms with van der Waals surface area (Å²) in [6.07, 6.45) is 4.52. The highest BCUT2D eigenvalue weighted by atomic mass is 16.2. The molecule has 1 aliphatic carbocycles. The molecule has 2 aromatic heterocycles. The number of aromatic amines is 1. The predicted octanol–water partition coefficient (Wildman–Crippen LogP) is 1.69. The van der Waals surface area contributed by atoms with E-state index in [1.54, 1.807) is 11.9 Å². The minimum absolute atomic E-state index is 0.0251. The molecule has 0 radical (unpaired) electrons. The number of carbonyl (C=O) groups is 1. The van der Waals surface area contributed by atoms with E-state index in [0.717, 1.165) is 29.6 Å². The van der Waals surface area contributed by atoms with E-state index in [9.17, 15) is 4.79 Å². The van der Waals surface area contributed by atoms with Crippen LogP contribution in [0, 0.1) is 0 Å². The van der Waals surface area contributed by atoms with Crippen molar-refractivity contribution in [3.05, 3.63) is 41.2 Å². The number of fused-ring (bicyclic) bond motifs is 2. The van der Waals surface area contributed by atoms with Gasteiger partial charge in [0, 0.05) is 12.7 Å². The van der Waals surface area contributed by atoms with Gasteiger partial charge < -0.3 is 4.90 Å². The van der Waals surface area contributed by atoms with Crippen molar-refractivity contribution in [3.8, 4) is 0 Å². The second kappa shape index (κ2) is 6.07. The number of nitrogens with one attached hydrogen (secondary N) is 1. The van der Waals surface area contributed by atoms with E-state index < -0.39 is 0 Å². The predicted molar refractivity (Wildman–Crippen MR) is 89.2 cm³/mol. The van der Waals surface area contributed by atoms with E-state index in [-0.39, 0.29) is 12.5 Å². The fraction of sp³-hybridized carbons (Fsp3) is 0.412. The van der Waals surface area contributed by atoms with E-state index in [1.165, 1.54) is 28.9 Å². The van der Waals surface area contributed by atoms with Gasteiger partial charge in [0.2, 0.25) is 5.91 Å². The summed E-state index contributed by atoms with van der Waals surface area (Å²) < 4.78 is 0. The van der Waals surface area contributed by atoms with Gasteiger partial charge in [0.1, 0.15) is 17.6 Å². The number of nitrogens with zero attached hydrogens (tertiary/aromatic N) is 5. The van der Waals surface area contributed by atoms with Gasteiger partial charge >= 0.3 is 0 Å². The molecule has 0 spiro atoms. The molecule has 0 unspecified atom stereocenters. The Hall–Kier alpha value is -2.70. The number of benzene rings is 1. The maximum absolute atomic E-state index is 12.5. The number of rotatable bonds is 4. The molecule has 0 aliphatic heterocycles. The number of amides is 1. The van der Waals surface area contributed by atoms with Crippen LogP contribution in [0.15, 0.2) is 24.3 Å². The van der Waals surface area contributed by atoms with Gasteiger partial charge in [-0.1, -0.05) is 12.1 Å². The van der Waals surface area contributed by atoms with Crippen LogP contribution in [0.5, 0.6) is 0 Å². The zero-order valence-electron chi connectivity index (χ0n) is 13.7. The van der Waals surface area contributed by atoms with Gasteiger partial charge in [0.15, 0.2) is 0 Å². The molecule has 0 fully saturated rings. The Bertz CT molecular complexity index is 847. The zero-order valence-corrected chi connectivity index (χ0v) is 13.7. The average molecular weight is 324 g/mol. The molecule has 4 rings (SSSR count). The molecular formula is C17H20N6O. The maximum Gasteiger partial charge on any atom is 0.246 e. The van der Waals surface area contributed by atoms with Crippen molar-refractivity contribution in [1.82, 2.24) is 30.1 Å². The molecule has 124 valence electrons. The summed E-state index contributed by atoms with van der Waals surface area (Å²) in [5, 5.41) is 16.2. The van der Waals surface area contributed by atoms with Crippen molar-refractivity contribution < 1.29 is 4.79 Å². The van der Waals surface area contributed by atoms with Gasteiger partial charge in [-0.2, -0.15) is 20.1 Å². The van der Waals surface area contributed by atoms with Gasteiger partial charge in [0.25, 0.3) is 0 Å². The molecule has 0 saturated heterocycles. The number of hydrogen-bond donors (Lipinski definition) is 1. The van der Waals surface area contributed by atoms with Crippen molar-refractivity contribution in [3.63, 3.8) is 0 Å². The Morgan fingerprint density at radius 1 is 1.21 bits per heavy atom. The first-order valence-electron chi connectivity index (χ1n) is 8.29. The second-order valence-corrected chi connectivity index (χ2v) is 6.30. The largest absolute Gasteiger partial charge is 0.338 e. The lowest BCUT2D eigenvalue weighted by molar-refractivity contribution is -0.131. The van der Waals surface area contributed by atoms with Gasteiger partial charge in [0.05, 0.1) is 12.2 Å². The van der Waals surface area contributed by atoms with Crippen LogP contribution in [0.2, 0.25) is 0 Å². The topological polar surface area (TPSA) is 79.7 Å². The first-order valence-corrected chi connectivity index (χ1v) is 8.29. The molecule has 2 heterocycles. The Morgan fingerprint density at radius 2 is 1.92 bits per heavy atom. The van der Waals surface area contributed by atoms with Crippen LogP contribution in [-0.4, -0.2) is 43.0 Å². The zero-order chi connectivity index (χ0) is 16.5. The van der Waals surface area contributed by atoms with E-state index in [1.807, 2.05) is 24.3 Å². The molecule has 1 aromatic carbocycles. The van der Waals surface area contributed by atoms with E-state index in [2.05, 4.69) is 20.4 Å². The summed E-state index contributed by atoms with van der Waals surface area (Å²) >= 11 is 0. The lowest BCUT2D eigenvalue weighted by atomic mass is 9.96. The number of H-pyrrole nitrogens is 1. The fourth-order valence-electron chi connectivity index (χ4n) is 3.21. The lowest BCUT2D eigenvalue weighted by Gasteiger charge is -2.17. The Balaban J connectivity index is 1.45. The molecule has 0 atom stereocenters. The van der Waals surface area contributed by atoms with Crippen molar-refractivity contribution in [2.75, 3.05) is 7.05 Å². The minimum Gasteiger partial charge on any atom is -0.338 e. The van der Waals surface area contributed by atoms with Crippen LogP contribution in [0.25, 0.3) is 11.0 Å². The standard InChI is InChI=1S/C17H20N6O/c1-22(10-16-12-6-2-3-7-13(12)18-19-16)17(24)11-23-20-14-8-4-5-9-15(14)21-23/h4-5,8-9H,2-3,6-7,10-11H2,1H3,(H,18,19). The van der Waals surface area contributed by atoms with E-state index in [0.29, 0.717) is 6.54 Å². The van der Waals surface area contributed by atoms with E-state index >= 15 is 0 Å². The van der Waals surface area contributed by atoms with Crippen molar-refractivity contribution >= 4 is 16.9 Å². The van der Waals surface area contributed by atoms with Gasteiger partial charge in [-0.25, -0.2) is 0 Å². The summed E-state index contributed by atoms with van der Waals surface area (Å²) in [6, 6.07) is 7.61. The number of hydrogen-bond acceptors (Lipinski definition) is 4. The van der Waals surface area contributed by atoms with Gasteiger partial charge in [-0.15, -0.1) is 0 Å². The molecule has 1 aliphatic rings. The molecule has 0 saturated carbocycles. The Labute approximate surface area is 139 Å². The van der Waals surface area contributed by atoms with Crippen LogP contribution in [-0.2, 0) is 30.7 Å². The van der Waals surface area contributed by atoms with Gasteiger partial charge in [-0.05, 0) is 43.4 Å². The number of likely N-dealkylation sites (N-methyl/N-ethyl adjacent to an activating group) is 1. The highest BCUT2D eigenvalue weighted by Gasteiger charge is 2.20. The third-order valence-electron chi connectivity index (χ3n) is 4.56. The second-order valence-electron chi connectivity index (χ2n) is 6.30. The Kier molecular flexibility index (Phi) is 3.76. The quantitative estimate of drug-likeness (QED) is 0.792. The summed E-state index contributed by atoms with van der Waals surface area (Å²) in [4.78, 5) is 15.6. The molecule has 7 heteroatoms. The van der Waals surface area contributed by atoms with Crippen LogP contribution in [0.1, 0.15) is 29.8 Å². The highest BCUT2D eigenvalue weighted by molar-refractivity contribution is 5.77. The van der Waals surface area contributed by atoms with Crippen LogP contribution in [0.4, 0.5) is 0 Å². The summed E-state index contributed by atoms with van der Waals surface area (Å²) in [7, 11) is 1.80. The van der Waals surface area contributed by atoms with Crippen LogP contribution < -0.4 is 0 Å². The first kappa shape index (κ1) is 14.9. The summed E-state index contributed by atoms with van der Waals surface area (Å²) in [6.45, 7) is 0.656. The maximum atomic E-state index is 12.5. The smallest absolute Gasteiger partial charge is 0.246 e. The highest BCUT2D eigenvalue weighted by Crippen LogP contribution is 2.22. The monoisotopic (exact) mass is 324 g/mol. The summed E-state index contributed by atoms with van der Waals surface area (Å²) in [5.41, 5.74) is 5.11. The Morgan fingerprint density at radius 3 is 2.67 bits per heavy atom. The third-order valence-corrected chi connectivity index (χ3v) is 4.56.